The summed E-state index contributed by atoms with van der Waals surface area (Å²) in [5.74, 6) is -0.144. The van der Waals surface area contributed by atoms with Crippen LogP contribution in [0.5, 0.6) is 0 Å². The van der Waals surface area contributed by atoms with Crippen molar-refractivity contribution in [1.82, 2.24) is 10.2 Å². The molecular weight excluding hydrogens is 244 g/mol. The summed E-state index contributed by atoms with van der Waals surface area (Å²) in [5.41, 5.74) is -0.545. The molecule has 1 N–H and O–H groups in total. The highest BCUT2D eigenvalue weighted by Gasteiger charge is 2.40. The largest absolute Gasteiger partial charge is 0.468 e. The third kappa shape index (κ3) is 4.44. The molecule has 0 aromatic heterocycles. The van der Waals surface area contributed by atoms with Gasteiger partial charge in [-0.2, -0.15) is 0 Å². The monoisotopic (exact) mass is 272 g/mol. The van der Waals surface area contributed by atoms with Gasteiger partial charge in [0.15, 0.2) is 0 Å². The van der Waals surface area contributed by atoms with Crippen LogP contribution in [-0.2, 0) is 14.3 Å². The average molecular weight is 272 g/mol. The lowest BCUT2D eigenvalue weighted by atomic mass is 9.90. The van der Waals surface area contributed by atoms with Crippen molar-refractivity contribution in [3.05, 3.63) is 0 Å². The van der Waals surface area contributed by atoms with Crippen LogP contribution in [0.2, 0.25) is 0 Å². The van der Waals surface area contributed by atoms with Crippen molar-refractivity contribution in [3.8, 4) is 0 Å². The van der Waals surface area contributed by atoms with Gasteiger partial charge >= 0.3 is 5.97 Å². The number of nitrogens with one attached hydrogen (secondary N) is 1. The van der Waals surface area contributed by atoms with Crippen molar-refractivity contribution in [2.75, 3.05) is 40.5 Å². The fraction of sp³-hybridized carbons (Fsp3) is 0.929. The van der Waals surface area contributed by atoms with Gasteiger partial charge in [0, 0.05) is 26.2 Å². The summed E-state index contributed by atoms with van der Waals surface area (Å²) in [6.07, 6.45) is 2.63. The van der Waals surface area contributed by atoms with Crippen LogP contribution in [-0.4, -0.2) is 62.9 Å². The minimum atomic E-state index is -0.545. The Morgan fingerprint density at radius 1 is 1.32 bits per heavy atom. The molecule has 1 fully saturated rings. The number of esters is 1. The Bertz CT molecular complexity index is 284. The molecule has 0 spiro atoms. The van der Waals surface area contributed by atoms with Crippen molar-refractivity contribution in [3.63, 3.8) is 0 Å². The van der Waals surface area contributed by atoms with E-state index < -0.39 is 5.54 Å². The van der Waals surface area contributed by atoms with Crippen LogP contribution in [0.25, 0.3) is 0 Å². The van der Waals surface area contributed by atoms with Gasteiger partial charge in [-0.05, 0) is 39.7 Å². The molecule has 5 nitrogen and oxygen atoms in total. The zero-order valence-electron chi connectivity index (χ0n) is 12.7. The molecule has 0 aromatic rings. The number of hydrogen-bond acceptors (Lipinski definition) is 5. The smallest absolute Gasteiger partial charge is 0.326 e. The lowest BCUT2D eigenvalue weighted by Gasteiger charge is -2.31. The Labute approximate surface area is 116 Å². The molecule has 0 amide bonds. The van der Waals surface area contributed by atoms with Crippen molar-refractivity contribution >= 4 is 5.97 Å². The summed E-state index contributed by atoms with van der Waals surface area (Å²) in [5, 5.41) is 3.36. The number of likely N-dealkylation sites (tertiary alicyclic amines) is 1. The SMILES string of the molecule is COCCNC1(C(=O)OC)CCCN(C(C)C)CC1. The van der Waals surface area contributed by atoms with Crippen LogP contribution in [0, 0.1) is 0 Å². The van der Waals surface area contributed by atoms with E-state index in [1.807, 2.05) is 0 Å². The number of nitrogens with zero attached hydrogens (tertiary/aromatic N) is 1. The van der Waals surface area contributed by atoms with Gasteiger partial charge in [-0.1, -0.05) is 0 Å². The first-order chi connectivity index (χ1) is 9.05. The Balaban J connectivity index is 2.71. The van der Waals surface area contributed by atoms with E-state index in [0.717, 1.165) is 32.4 Å². The van der Waals surface area contributed by atoms with Crippen LogP contribution in [0.15, 0.2) is 0 Å². The highest BCUT2D eigenvalue weighted by Crippen LogP contribution is 2.24. The van der Waals surface area contributed by atoms with Gasteiger partial charge in [-0.3, -0.25) is 10.1 Å². The normalized spacial score (nSPS) is 25.3. The molecule has 1 unspecified atom stereocenters. The van der Waals surface area contributed by atoms with E-state index in [2.05, 4.69) is 24.1 Å². The summed E-state index contributed by atoms with van der Waals surface area (Å²) in [6, 6.07) is 0.521. The van der Waals surface area contributed by atoms with Crippen molar-refractivity contribution in [2.24, 2.45) is 0 Å². The molecule has 0 aliphatic carbocycles. The number of carbonyl (C=O) groups excluding carboxylic acids is 1. The molecule has 1 saturated heterocycles. The van der Waals surface area contributed by atoms with Crippen molar-refractivity contribution in [1.29, 1.82) is 0 Å². The molecule has 1 rings (SSSR count). The summed E-state index contributed by atoms with van der Waals surface area (Å²) in [6.45, 7) is 7.64. The van der Waals surface area contributed by atoms with E-state index >= 15 is 0 Å². The van der Waals surface area contributed by atoms with Gasteiger partial charge in [0.05, 0.1) is 13.7 Å². The van der Waals surface area contributed by atoms with Crippen LogP contribution in [0.1, 0.15) is 33.1 Å². The van der Waals surface area contributed by atoms with E-state index in [1.54, 1.807) is 7.11 Å². The molecule has 112 valence electrons. The topological polar surface area (TPSA) is 50.8 Å². The minimum Gasteiger partial charge on any atom is -0.468 e. The second kappa shape index (κ2) is 7.82. The molecule has 1 aliphatic heterocycles. The Morgan fingerprint density at radius 2 is 2.05 bits per heavy atom. The zero-order valence-corrected chi connectivity index (χ0v) is 12.7. The molecule has 5 heteroatoms. The van der Waals surface area contributed by atoms with E-state index in [-0.39, 0.29) is 5.97 Å². The minimum absolute atomic E-state index is 0.144. The first kappa shape index (κ1) is 16.4. The fourth-order valence-electron chi connectivity index (χ4n) is 2.71. The van der Waals surface area contributed by atoms with Gasteiger partial charge in [-0.15, -0.1) is 0 Å². The molecular formula is C14H28N2O3. The van der Waals surface area contributed by atoms with Crippen LogP contribution < -0.4 is 5.32 Å². The third-order valence-corrected chi connectivity index (χ3v) is 3.95. The Hall–Kier alpha value is -0.650. The number of ether oxygens (including phenoxy) is 2. The Morgan fingerprint density at radius 3 is 2.63 bits per heavy atom. The first-order valence-corrected chi connectivity index (χ1v) is 7.12. The van der Waals surface area contributed by atoms with Gasteiger partial charge < -0.3 is 14.4 Å². The summed E-state index contributed by atoms with van der Waals surface area (Å²) in [4.78, 5) is 14.6. The first-order valence-electron chi connectivity index (χ1n) is 7.12. The van der Waals surface area contributed by atoms with E-state index in [9.17, 15) is 4.79 Å². The summed E-state index contributed by atoms with van der Waals surface area (Å²) >= 11 is 0. The maximum Gasteiger partial charge on any atom is 0.326 e. The number of carbonyl (C=O) groups is 1. The lowest BCUT2D eigenvalue weighted by Crippen LogP contribution is -2.54. The third-order valence-electron chi connectivity index (χ3n) is 3.95. The van der Waals surface area contributed by atoms with E-state index in [0.29, 0.717) is 19.2 Å². The van der Waals surface area contributed by atoms with Crippen LogP contribution >= 0.6 is 0 Å². The molecule has 1 aliphatic rings. The number of methoxy groups -OCH3 is 2. The zero-order chi connectivity index (χ0) is 14.3. The molecule has 0 bridgehead atoms. The van der Waals surface area contributed by atoms with Crippen LogP contribution in [0.4, 0.5) is 0 Å². The second-order valence-corrected chi connectivity index (χ2v) is 5.48. The number of rotatable bonds is 6. The molecule has 1 atom stereocenters. The Kier molecular flexibility index (Phi) is 6.75. The average Bonchev–Trinajstić information content (AvgIpc) is 2.62. The lowest BCUT2D eigenvalue weighted by molar-refractivity contribution is -0.149. The molecule has 0 aromatic carbocycles. The fourth-order valence-corrected chi connectivity index (χ4v) is 2.71. The van der Waals surface area contributed by atoms with E-state index in [1.165, 1.54) is 7.11 Å². The highest BCUT2D eigenvalue weighted by atomic mass is 16.5. The standard InChI is InChI=1S/C14H28N2O3/c1-12(2)16-9-5-6-14(7-10-16,13(17)19-4)15-8-11-18-3/h12,15H,5-11H2,1-4H3. The molecule has 0 radical (unpaired) electrons. The molecule has 19 heavy (non-hydrogen) atoms. The van der Waals surface area contributed by atoms with Crippen molar-refractivity contribution in [2.45, 2.75) is 44.7 Å². The molecule has 1 heterocycles. The van der Waals surface area contributed by atoms with Crippen LogP contribution in [0.3, 0.4) is 0 Å². The van der Waals surface area contributed by atoms with Gasteiger partial charge in [0.1, 0.15) is 5.54 Å². The maximum atomic E-state index is 12.2. The van der Waals surface area contributed by atoms with E-state index in [4.69, 9.17) is 9.47 Å². The predicted molar refractivity (Wildman–Crippen MR) is 75.2 cm³/mol. The number of hydrogen-bond donors (Lipinski definition) is 1. The highest BCUT2D eigenvalue weighted by molar-refractivity contribution is 5.80. The maximum absolute atomic E-state index is 12.2. The van der Waals surface area contributed by atoms with Crippen molar-refractivity contribution < 1.29 is 14.3 Å². The quantitative estimate of drug-likeness (QED) is 0.578. The predicted octanol–water partition coefficient (Wildman–Crippen LogP) is 1.03. The van der Waals surface area contributed by atoms with Gasteiger partial charge in [0.25, 0.3) is 0 Å². The van der Waals surface area contributed by atoms with Gasteiger partial charge in [0.2, 0.25) is 0 Å². The summed E-state index contributed by atoms with van der Waals surface area (Å²) in [7, 11) is 3.13. The molecule has 0 saturated carbocycles. The summed E-state index contributed by atoms with van der Waals surface area (Å²) < 4.78 is 10.1. The second-order valence-electron chi connectivity index (χ2n) is 5.48. The van der Waals surface area contributed by atoms with Gasteiger partial charge in [-0.25, -0.2) is 0 Å².